The minimum absolute atomic E-state index is 0.0750. The molecule has 1 fully saturated rings. The van der Waals surface area contributed by atoms with Gasteiger partial charge < -0.3 is 24.8 Å². The first kappa shape index (κ1) is 23.8. The van der Waals surface area contributed by atoms with Crippen LogP contribution in [0.2, 0.25) is 0 Å². The molecule has 8 heteroatoms. The zero-order valence-electron chi connectivity index (χ0n) is 19.5. The highest BCUT2D eigenvalue weighted by Crippen LogP contribution is 2.44. The van der Waals surface area contributed by atoms with Crippen LogP contribution in [0, 0.1) is 0 Å². The number of amides is 2. The van der Waals surface area contributed by atoms with E-state index in [1.807, 2.05) is 43.3 Å². The fourth-order valence-corrected chi connectivity index (χ4v) is 4.74. The zero-order chi connectivity index (χ0) is 24.3. The predicted octanol–water partition coefficient (Wildman–Crippen LogP) is 3.40. The van der Waals surface area contributed by atoms with E-state index in [-0.39, 0.29) is 38.1 Å². The molecule has 2 atom stereocenters. The second-order valence-electron chi connectivity index (χ2n) is 8.96. The quantitative estimate of drug-likeness (QED) is 0.648. The lowest BCUT2D eigenvalue weighted by Crippen LogP contribution is -2.59. The molecule has 2 N–H and O–H groups in total. The van der Waals surface area contributed by atoms with E-state index < -0.39 is 23.7 Å². The molecular formula is C26H30N2O6. The van der Waals surface area contributed by atoms with Crippen molar-refractivity contribution in [2.75, 3.05) is 26.3 Å². The van der Waals surface area contributed by atoms with Gasteiger partial charge in [-0.05, 0) is 35.6 Å². The Labute approximate surface area is 198 Å². The number of nitrogens with one attached hydrogen (secondary N) is 1. The van der Waals surface area contributed by atoms with Gasteiger partial charge in [-0.1, -0.05) is 61.9 Å². The van der Waals surface area contributed by atoms with Crippen LogP contribution in [0.3, 0.4) is 0 Å². The molecule has 1 aliphatic carbocycles. The van der Waals surface area contributed by atoms with E-state index in [1.54, 1.807) is 0 Å². The highest BCUT2D eigenvalue weighted by Gasteiger charge is 2.42. The predicted molar refractivity (Wildman–Crippen MR) is 125 cm³/mol. The smallest absolute Gasteiger partial charge is 0.407 e. The summed E-state index contributed by atoms with van der Waals surface area (Å²) in [4.78, 5) is 38.8. The van der Waals surface area contributed by atoms with Crippen molar-refractivity contribution < 1.29 is 29.0 Å². The molecule has 180 valence electrons. The number of morpholine rings is 1. The number of nitrogens with zero attached hydrogens (tertiary/aromatic N) is 1. The SMILES string of the molecule is CCC[C@@H](NC(=O)OCC1c2ccccc2-c2ccccc21)C(=O)N1CCOC(C)(C(=O)O)C1. The lowest BCUT2D eigenvalue weighted by atomic mass is 9.98. The summed E-state index contributed by atoms with van der Waals surface area (Å²) >= 11 is 0. The number of rotatable bonds is 7. The van der Waals surface area contributed by atoms with Gasteiger partial charge in [0.1, 0.15) is 12.6 Å². The van der Waals surface area contributed by atoms with Gasteiger partial charge in [0.15, 0.2) is 5.60 Å². The monoisotopic (exact) mass is 466 g/mol. The van der Waals surface area contributed by atoms with E-state index in [4.69, 9.17) is 9.47 Å². The first-order valence-electron chi connectivity index (χ1n) is 11.6. The van der Waals surface area contributed by atoms with Crippen LogP contribution in [0.1, 0.15) is 43.7 Å². The zero-order valence-corrected chi connectivity index (χ0v) is 19.5. The number of alkyl carbamates (subject to hydrolysis) is 1. The third-order valence-corrected chi connectivity index (χ3v) is 6.55. The van der Waals surface area contributed by atoms with Gasteiger partial charge in [-0.2, -0.15) is 0 Å². The average molecular weight is 467 g/mol. The molecular weight excluding hydrogens is 436 g/mol. The van der Waals surface area contributed by atoms with Gasteiger partial charge in [-0.3, -0.25) is 4.79 Å². The van der Waals surface area contributed by atoms with Crippen LogP contribution in [0.15, 0.2) is 48.5 Å². The Bertz CT molecular complexity index is 1040. The Morgan fingerprint density at radius 1 is 1.15 bits per heavy atom. The lowest BCUT2D eigenvalue weighted by molar-refractivity contribution is -0.177. The van der Waals surface area contributed by atoms with Crippen molar-refractivity contribution in [3.63, 3.8) is 0 Å². The van der Waals surface area contributed by atoms with E-state index >= 15 is 0 Å². The maximum atomic E-state index is 13.1. The van der Waals surface area contributed by atoms with Gasteiger partial charge in [0.05, 0.1) is 13.2 Å². The van der Waals surface area contributed by atoms with Gasteiger partial charge in [0.25, 0.3) is 0 Å². The van der Waals surface area contributed by atoms with Gasteiger partial charge in [0.2, 0.25) is 5.91 Å². The first-order valence-corrected chi connectivity index (χ1v) is 11.6. The number of carbonyl (C=O) groups excluding carboxylic acids is 2. The lowest BCUT2D eigenvalue weighted by Gasteiger charge is -2.39. The Balaban J connectivity index is 1.41. The molecule has 2 amide bonds. The Morgan fingerprint density at radius 3 is 2.35 bits per heavy atom. The highest BCUT2D eigenvalue weighted by molar-refractivity contribution is 5.87. The highest BCUT2D eigenvalue weighted by atomic mass is 16.5. The molecule has 1 aliphatic heterocycles. The minimum atomic E-state index is -1.46. The van der Waals surface area contributed by atoms with E-state index in [1.165, 1.54) is 11.8 Å². The molecule has 2 aliphatic rings. The largest absolute Gasteiger partial charge is 0.479 e. The molecule has 1 unspecified atom stereocenters. The second-order valence-corrected chi connectivity index (χ2v) is 8.96. The van der Waals surface area contributed by atoms with Crippen LogP contribution in [0.4, 0.5) is 4.79 Å². The van der Waals surface area contributed by atoms with E-state index in [2.05, 4.69) is 17.4 Å². The number of carbonyl (C=O) groups is 3. The van der Waals surface area contributed by atoms with E-state index in [9.17, 15) is 19.5 Å². The molecule has 0 aromatic heterocycles. The van der Waals surface area contributed by atoms with Crippen molar-refractivity contribution in [1.82, 2.24) is 10.2 Å². The molecule has 1 saturated heterocycles. The number of ether oxygens (including phenoxy) is 2. The Morgan fingerprint density at radius 2 is 1.76 bits per heavy atom. The third-order valence-electron chi connectivity index (χ3n) is 6.55. The molecule has 34 heavy (non-hydrogen) atoms. The molecule has 2 aromatic rings. The molecule has 1 heterocycles. The number of carboxylic acids is 1. The topological polar surface area (TPSA) is 105 Å². The minimum Gasteiger partial charge on any atom is -0.479 e. The standard InChI is InChI=1S/C26H30N2O6/c1-3-8-22(23(29)28-13-14-34-26(2,16-28)24(30)31)27-25(32)33-15-21-19-11-6-4-9-17(19)18-10-5-7-12-20(18)21/h4-7,9-12,21-22H,3,8,13-16H2,1-2H3,(H,27,32)(H,30,31)/t22-,26?/m1/s1. The van der Waals surface area contributed by atoms with Crippen molar-refractivity contribution in [1.29, 1.82) is 0 Å². The molecule has 0 saturated carbocycles. The number of hydrogen-bond donors (Lipinski definition) is 2. The maximum Gasteiger partial charge on any atom is 0.407 e. The van der Waals surface area contributed by atoms with E-state index in [0.717, 1.165) is 22.3 Å². The fraction of sp³-hybridized carbons (Fsp3) is 0.423. The van der Waals surface area contributed by atoms with Crippen LogP contribution in [-0.2, 0) is 19.1 Å². The summed E-state index contributed by atoms with van der Waals surface area (Å²) in [5.74, 6) is -1.53. The van der Waals surface area contributed by atoms with Crippen LogP contribution >= 0.6 is 0 Å². The number of fused-ring (bicyclic) bond motifs is 3. The Hall–Kier alpha value is -3.39. The van der Waals surface area contributed by atoms with Crippen LogP contribution in [-0.4, -0.2) is 65.9 Å². The molecule has 0 bridgehead atoms. The molecule has 8 nitrogen and oxygen atoms in total. The summed E-state index contributed by atoms with van der Waals surface area (Å²) in [6.45, 7) is 3.84. The summed E-state index contributed by atoms with van der Waals surface area (Å²) in [5.41, 5.74) is 3.03. The van der Waals surface area contributed by atoms with Crippen molar-refractivity contribution in [3.05, 3.63) is 59.7 Å². The molecule has 0 spiro atoms. The van der Waals surface area contributed by atoms with Crippen molar-refractivity contribution in [3.8, 4) is 11.1 Å². The summed E-state index contributed by atoms with van der Waals surface area (Å²) in [6.07, 6.45) is 0.424. The number of benzene rings is 2. The van der Waals surface area contributed by atoms with Crippen LogP contribution in [0.5, 0.6) is 0 Å². The fourth-order valence-electron chi connectivity index (χ4n) is 4.74. The molecule has 4 rings (SSSR count). The van der Waals surface area contributed by atoms with Crippen molar-refractivity contribution in [2.45, 2.75) is 44.2 Å². The van der Waals surface area contributed by atoms with Gasteiger partial charge in [0, 0.05) is 12.5 Å². The normalized spacial score (nSPS) is 20.2. The summed E-state index contributed by atoms with van der Waals surface area (Å²) in [5, 5.41) is 12.1. The van der Waals surface area contributed by atoms with E-state index in [0.29, 0.717) is 12.8 Å². The van der Waals surface area contributed by atoms with Crippen LogP contribution < -0.4 is 5.32 Å². The summed E-state index contributed by atoms with van der Waals surface area (Å²) < 4.78 is 11.0. The average Bonchev–Trinajstić information content (AvgIpc) is 3.16. The summed E-state index contributed by atoms with van der Waals surface area (Å²) in [6, 6.07) is 15.4. The van der Waals surface area contributed by atoms with Gasteiger partial charge >= 0.3 is 12.1 Å². The summed E-state index contributed by atoms with van der Waals surface area (Å²) in [7, 11) is 0. The van der Waals surface area contributed by atoms with Crippen molar-refractivity contribution in [2.24, 2.45) is 0 Å². The number of hydrogen-bond acceptors (Lipinski definition) is 5. The first-order chi connectivity index (χ1) is 16.3. The molecule has 2 aromatic carbocycles. The van der Waals surface area contributed by atoms with Gasteiger partial charge in [-0.25, -0.2) is 9.59 Å². The maximum absolute atomic E-state index is 13.1. The van der Waals surface area contributed by atoms with Crippen LogP contribution in [0.25, 0.3) is 11.1 Å². The Kier molecular flexibility index (Phi) is 6.88. The number of aliphatic carboxylic acids is 1. The molecule has 0 radical (unpaired) electrons. The number of carboxylic acid groups (broad SMARTS) is 1. The van der Waals surface area contributed by atoms with Crippen molar-refractivity contribution >= 4 is 18.0 Å². The van der Waals surface area contributed by atoms with Gasteiger partial charge in [-0.15, -0.1) is 0 Å². The second kappa shape index (κ2) is 9.85. The third kappa shape index (κ3) is 4.63.